The van der Waals surface area contributed by atoms with Crippen LogP contribution in [0.2, 0.25) is 0 Å². The number of aromatic nitrogens is 1. The van der Waals surface area contributed by atoms with Gasteiger partial charge in [-0.2, -0.15) is 0 Å². The Morgan fingerprint density at radius 1 is 1.22 bits per heavy atom. The van der Waals surface area contributed by atoms with Gasteiger partial charge < -0.3 is 15.5 Å². The lowest BCUT2D eigenvalue weighted by atomic mass is 10.1. The number of carbonyl (C=O) groups is 1. The lowest BCUT2D eigenvalue weighted by Gasteiger charge is -2.15. The molecule has 2 N–H and O–H groups in total. The van der Waals surface area contributed by atoms with E-state index in [4.69, 9.17) is 0 Å². The van der Waals surface area contributed by atoms with Gasteiger partial charge in [0.25, 0.3) is 5.91 Å². The largest absolute Gasteiger partial charge is 0.378 e. The minimum atomic E-state index is -0.0957. The summed E-state index contributed by atoms with van der Waals surface area (Å²) in [6, 6.07) is 10.0. The van der Waals surface area contributed by atoms with E-state index in [0.29, 0.717) is 18.7 Å². The van der Waals surface area contributed by atoms with E-state index >= 15 is 0 Å². The van der Waals surface area contributed by atoms with Gasteiger partial charge in [0.05, 0.1) is 5.56 Å². The van der Waals surface area contributed by atoms with Crippen LogP contribution in [0, 0.1) is 6.92 Å². The second-order valence-corrected chi connectivity index (χ2v) is 5.65. The molecule has 1 aromatic carbocycles. The van der Waals surface area contributed by atoms with Crippen molar-refractivity contribution in [2.24, 2.45) is 0 Å². The Kier molecular flexibility index (Phi) is 5.57. The molecule has 23 heavy (non-hydrogen) atoms. The van der Waals surface area contributed by atoms with E-state index < -0.39 is 0 Å². The first-order valence-electron chi connectivity index (χ1n) is 7.76. The molecule has 122 valence electrons. The Hall–Kier alpha value is -2.56. The van der Waals surface area contributed by atoms with Crippen LogP contribution < -0.4 is 15.5 Å². The first kappa shape index (κ1) is 16.8. The molecular formula is C18H24N4O. The van der Waals surface area contributed by atoms with E-state index in [2.05, 4.69) is 45.6 Å². The van der Waals surface area contributed by atoms with Gasteiger partial charge in [-0.15, -0.1) is 0 Å². The van der Waals surface area contributed by atoms with E-state index in [9.17, 15) is 4.79 Å². The normalized spacial score (nSPS) is 10.3. The SMILES string of the molecule is CCNC(=O)c1ccc(NCc2ccc(N(C)C)cc2C)nc1. The maximum Gasteiger partial charge on any atom is 0.252 e. The number of nitrogens with one attached hydrogen (secondary N) is 2. The number of nitrogens with zero attached hydrogens (tertiary/aromatic N) is 2. The topological polar surface area (TPSA) is 57.3 Å². The Morgan fingerprint density at radius 2 is 2.00 bits per heavy atom. The number of amides is 1. The predicted molar refractivity (Wildman–Crippen MR) is 95.1 cm³/mol. The molecule has 2 rings (SSSR count). The smallest absolute Gasteiger partial charge is 0.252 e. The molecule has 0 bridgehead atoms. The fourth-order valence-electron chi connectivity index (χ4n) is 2.24. The summed E-state index contributed by atoms with van der Waals surface area (Å²) in [5, 5.41) is 6.05. The van der Waals surface area contributed by atoms with Crippen molar-refractivity contribution in [3.8, 4) is 0 Å². The Bertz CT molecular complexity index is 665. The number of carbonyl (C=O) groups excluding carboxylic acids is 1. The molecule has 0 fully saturated rings. The Labute approximate surface area is 137 Å². The number of aryl methyl sites for hydroxylation is 1. The summed E-state index contributed by atoms with van der Waals surface area (Å²) >= 11 is 0. The van der Waals surface area contributed by atoms with Crippen molar-refractivity contribution in [3.05, 3.63) is 53.2 Å². The van der Waals surface area contributed by atoms with E-state index in [1.807, 2.05) is 27.1 Å². The van der Waals surface area contributed by atoms with Gasteiger partial charge in [-0.3, -0.25) is 4.79 Å². The first-order chi connectivity index (χ1) is 11.0. The zero-order valence-corrected chi connectivity index (χ0v) is 14.2. The molecule has 0 aliphatic heterocycles. The third-order valence-corrected chi connectivity index (χ3v) is 3.67. The average molecular weight is 312 g/mol. The molecule has 1 amide bonds. The Balaban J connectivity index is 1.99. The van der Waals surface area contributed by atoms with Crippen molar-refractivity contribution < 1.29 is 4.79 Å². The lowest BCUT2D eigenvalue weighted by molar-refractivity contribution is 0.0955. The van der Waals surface area contributed by atoms with Gasteiger partial charge >= 0.3 is 0 Å². The van der Waals surface area contributed by atoms with Crippen molar-refractivity contribution in [1.82, 2.24) is 10.3 Å². The summed E-state index contributed by atoms with van der Waals surface area (Å²) < 4.78 is 0. The standard InChI is InChI=1S/C18H24N4O/c1-5-19-18(23)15-7-9-17(21-12-15)20-11-14-6-8-16(22(3)4)10-13(14)2/h6-10,12H,5,11H2,1-4H3,(H,19,23)(H,20,21). The van der Waals surface area contributed by atoms with Crippen LogP contribution in [0.5, 0.6) is 0 Å². The molecular weight excluding hydrogens is 288 g/mol. The molecule has 0 aliphatic carbocycles. The summed E-state index contributed by atoms with van der Waals surface area (Å²) in [4.78, 5) is 18.1. The average Bonchev–Trinajstić information content (AvgIpc) is 2.54. The maximum atomic E-state index is 11.7. The zero-order chi connectivity index (χ0) is 16.8. The fraction of sp³-hybridized carbons (Fsp3) is 0.333. The number of anilines is 2. The van der Waals surface area contributed by atoms with Crippen LogP contribution in [0.3, 0.4) is 0 Å². The van der Waals surface area contributed by atoms with Crippen LogP contribution >= 0.6 is 0 Å². The van der Waals surface area contributed by atoms with Gasteiger partial charge in [0.1, 0.15) is 5.82 Å². The third kappa shape index (κ3) is 4.45. The number of benzene rings is 1. The van der Waals surface area contributed by atoms with Crippen molar-refractivity contribution in [2.45, 2.75) is 20.4 Å². The fourth-order valence-corrected chi connectivity index (χ4v) is 2.24. The lowest BCUT2D eigenvalue weighted by Crippen LogP contribution is -2.22. The van der Waals surface area contributed by atoms with Crippen molar-refractivity contribution in [1.29, 1.82) is 0 Å². The Morgan fingerprint density at radius 3 is 2.57 bits per heavy atom. The van der Waals surface area contributed by atoms with E-state index in [0.717, 1.165) is 5.82 Å². The maximum absolute atomic E-state index is 11.7. The van der Waals surface area contributed by atoms with Gasteiger partial charge in [0, 0.05) is 39.1 Å². The molecule has 0 atom stereocenters. The van der Waals surface area contributed by atoms with E-state index in [-0.39, 0.29) is 5.91 Å². The minimum absolute atomic E-state index is 0.0957. The molecule has 1 heterocycles. The van der Waals surface area contributed by atoms with Crippen LogP contribution in [0.1, 0.15) is 28.4 Å². The van der Waals surface area contributed by atoms with Gasteiger partial charge in [-0.1, -0.05) is 6.07 Å². The quantitative estimate of drug-likeness (QED) is 0.861. The van der Waals surface area contributed by atoms with Gasteiger partial charge in [-0.25, -0.2) is 4.98 Å². The highest BCUT2D eigenvalue weighted by Gasteiger charge is 2.05. The first-order valence-corrected chi connectivity index (χ1v) is 7.76. The number of rotatable bonds is 6. The molecule has 5 heteroatoms. The second-order valence-electron chi connectivity index (χ2n) is 5.65. The van der Waals surface area contributed by atoms with E-state index in [1.54, 1.807) is 12.3 Å². The van der Waals surface area contributed by atoms with Crippen LogP contribution in [0.15, 0.2) is 36.5 Å². The summed E-state index contributed by atoms with van der Waals surface area (Å²) in [5.41, 5.74) is 4.23. The van der Waals surface area contributed by atoms with Crippen LogP contribution in [0.4, 0.5) is 11.5 Å². The predicted octanol–water partition coefficient (Wildman–Crippen LogP) is 2.82. The van der Waals surface area contributed by atoms with Gasteiger partial charge in [-0.05, 0) is 49.2 Å². The second kappa shape index (κ2) is 7.63. The van der Waals surface area contributed by atoms with Crippen molar-refractivity contribution >= 4 is 17.4 Å². The number of hydrogen-bond donors (Lipinski definition) is 2. The summed E-state index contributed by atoms with van der Waals surface area (Å²) in [7, 11) is 4.07. The van der Waals surface area contributed by atoms with Crippen LogP contribution in [-0.4, -0.2) is 31.5 Å². The summed E-state index contributed by atoms with van der Waals surface area (Å²) in [6.45, 7) is 5.31. The molecule has 0 saturated heterocycles. The zero-order valence-electron chi connectivity index (χ0n) is 14.2. The summed E-state index contributed by atoms with van der Waals surface area (Å²) in [6.07, 6.45) is 1.59. The highest BCUT2D eigenvalue weighted by molar-refractivity contribution is 5.93. The molecule has 0 saturated carbocycles. The van der Waals surface area contributed by atoms with Crippen molar-refractivity contribution in [2.75, 3.05) is 30.9 Å². The minimum Gasteiger partial charge on any atom is -0.378 e. The number of pyridine rings is 1. The molecule has 0 aliphatic rings. The summed E-state index contributed by atoms with van der Waals surface area (Å²) in [5.74, 6) is 0.663. The highest BCUT2D eigenvalue weighted by atomic mass is 16.1. The molecule has 0 radical (unpaired) electrons. The van der Waals surface area contributed by atoms with E-state index in [1.165, 1.54) is 16.8 Å². The highest BCUT2D eigenvalue weighted by Crippen LogP contribution is 2.18. The monoisotopic (exact) mass is 312 g/mol. The molecule has 0 spiro atoms. The molecule has 1 aromatic heterocycles. The van der Waals surface area contributed by atoms with Crippen molar-refractivity contribution in [3.63, 3.8) is 0 Å². The third-order valence-electron chi connectivity index (χ3n) is 3.67. The van der Waals surface area contributed by atoms with Crippen LogP contribution in [0.25, 0.3) is 0 Å². The molecule has 2 aromatic rings. The molecule has 5 nitrogen and oxygen atoms in total. The van der Waals surface area contributed by atoms with Gasteiger partial charge in [0.2, 0.25) is 0 Å². The number of hydrogen-bond acceptors (Lipinski definition) is 4. The van der Waals surface area contributed by atoms with Crippen LogP contribution in [-0.2, 0) is 6.54 Å². The van der Waals surface area contributed by atoms with Gasteiger partial charge in [0.15, 0.2) is 0 Å². The molecule has 0 unspecified atom stereocenters.